The summed E-state index contributed by atoms with van der Waals surface area (Å²) in [5, 5.41) is 0. The first-order valence-electron chi connectivity index (χ1n) is 4.17. The van der Waals surface area contributed by atoms with Gasteiger partial charge < -0.3 is 0 Å². The van der Waals surface area contributed by atoms with Crippen LogP contribution in [0.4, 0.5) is 0 Å². The predicted molar refractivity (Wildman–Crippen MR) is 42.7 cm³/mol. The summed E-state index contributed by atoms with van der Waals surface area (Å²) in [7, 11) is 0. The fourth-order valence-electron chi connectivity index (χ4n) is 0.883. The van der Waals surface area contributed by atoms with E-state index < -0.39 is 23.7 Å². The second kappa shape index (κ2) is 5.91. The quantitative estimate of drug-likeness (QED) is 0.659. The van der Waals surface area contributed by atoms with Crippen LogP contribution < -0.4 is 0 Å². The Morgan fingerprint density at radius 1 is 1.64 bits per heavy atom. The Morgan fingerprint density at radius 3 is 3.18 bits per heavy atom. The van der Waals surface area contributed by atoms with Crippen molar-refractivity contribution < 1.29 is 26.5 Å². The SMILES string of the molecule is CCCC[O][Zr][C]1=CC=CC1. The van der Waals surface area contributed by atoms with Crippen LogP contribution in [0.1, 0.15) is 26.2 Å². The van der Waals surface area contributed by atoms with E-state index in [0.29, 0.717) is 0 Å². The predicted octanol–water partition coefficient (Wildman–Crippen LogP) is 2.64. The number of allylic oxidation sites excluding steroid dienone is 4. The fourth-order valence-corrected chi connectivity index (χ4v) is 2.84. The summed E-state index contributed by atoms with van der Waals surface area (Å²) in [6, 6.07) is 0. The van der Waals surface area contributed by atoms with Crippen molar-refractivity contribution in [2.75, 3.05) is 6.61 Å². The first kappa shape index (κ1) is 9.41. The Labute approximate surface area is 80.7 Å². The van der Waals surface area contributed by atoms with Crippen molar-refractivity contribution in [3.05, 3.63) is 21.5 Å². The molecule has 0 aromatic rings. The maximum absolute atomic E-state index is 5.62. The van der Waals surface area contributed by atoms with Gasteiger partial charge in [-0.2, -0.15) is 0 Å². The van der Waals surface area contributed by atoms with Gasteiger partial charge in [-0.1, -0.05) is 0 Å². The van der Waals surface area contributed by atoms with E-state index in [2.05, 4.69) is 25.2 Å². The normalized spacial score (nSPS) is 15.2. The van der Waals surface area contributed by atoms with Gasteiger partial charge in [-0.15, -0.1) is 0 Å². The number of rotatable bonds is 5. The van der Waals surface area contributed by atoms with Crippen LogP contribution in [0.25, 0.3) is 0 Å². The molecule has 0 amide bonds. The van der Waals surface area contributed by atoms with Gasteiger partial charge in [-0.25, -0.2) is 0 Å². The summed E-state index contributed by atoms with van der Waals surface area (Å²) < 4.78 is 7.19. The van der Waals surface area contributed by atoms with Crippen LogP contribution in [-0.2, 0) is 26.5 Å². The molecular weight excluding hydrogens is 215 g/mol. The molecule has 0 aromatic carbocycles. The molecule has 0 aromatic heterocycles. The van der Waals surface area contributed by atoms with Crippen LogP contribution in [0, 0.1) is 0 Å². The third-order valence-electron chi connectivity index (χ3n) is 1.57. The molecule has 0 atom stereocenters. The second-order valence-corrected chi connectivity index (χ2v) is 5.42. The molecular formula is C9H14OZr. The molecule has 0 radical (unpaired) electrons. The Bertz CT molecular complexity index is 161. The van der Waals surface area contributed by atoms with Gasteiger partial charge >= 0.3 is 80.8 Å². The monoisotopic (exact) mass is 228 g/mol. The molecule has 0 saturated heterocycles. The Kier molecular flexibility index (Phi) is 5.06. The molecule has 0 heterocycles. The van der Waals surface area contributed by atoms with E-state index in [-0.39, 0.29) is 0 Å². The molecule has 2 heteroatoms. The van der Waals surface area contributed by atoms with Crippen LogP contribution >= 0.6 is 0 Å². The number of unbranched alkanes of at least 4 members (excludes halogenated alkanes) is 1. The average Bonchev–Trinajstić information content (AvgIpc) is 2.50. The van der Waals surface area contributed by atoms with Crippen LogP contribution in [0.2, 0.25) is 0 Å². The molecule has 1 aliphatic rings. The van der Waals surface area contributed by atoms with E-state index >= 15 is 0 Å². The first-order valence-corrected chi connectivity index (χ1v) is 6.40. The Balaban J connectivity index is 1.95. The van der Waals surface area contributed by atoms with E-state index in [1.54, 1.807) is 3.28 Å². The third kappa shape index (κ3) is 4.03. The van der Waals surface area contributed by atoms with Crippen molar-refractivity contribution in [3.8, 4) is 0 Å². The fraction of sp³-hybridized carbons (Fsp3) is 0.556. The summed E-state index contributed by atoms with van der Waals surface area (Å²) in [5.74, 6) is 0. The molecule has 60 valence electrons. The summed E-state index contributed by atoms with van der Waals surface area (Å²) in [4.78, 5) is 0. The van der Waals surface area contributed by atoms with E-state index in [1.165, 1.54) is 12.8 Å². The summed E-state index contributed by atoms with van der Waals surface area (Å²) >= 11 is -0.594. The molecule has 0 spiro atoms. The number of hydrogen-bond donors (Lipinski definition) is 0. The molecule has 0 fully saturated rings. The van der Waals surface area contributed by atoms with Crippen molar-refractivity contribution >= 4 is 0 Å². The van der Waals surface area contributed by atoms with Crippen molar-refractivity contribution in [2.45, 2.75) is 26.2 Å². The second-order valence-electron chi connectivity index (χ2n) is 2.63. The molecule has 1 rings (SSSR count). The molecule has 0 unspecified atom stereocenters. The Hall–Kier alpha value is 0.323. The zero-order valence-electron chi connectivity index (χ0n) is 6.97. The minimum absolute atomic E-state index is 0.594. The average molecular weight is 229 g/mol. The molecule has 1 nitrogen and oxygen atoms in total. The van der Waals surface area contributed by atoms with E-state index in [1.807, 2.05) is 0 Å². The van der Waals surface area contributed by atoms with Gasteiger partial charge in [0.25, 0.3) is 0 Å². The minimum atomic E-state index is -0.594. The van der Waals surface area contributed by atoms with Crippen molar-refractivity contribution in [1.29, 1.82) is 0 Å². The van der Waals surface area contributed by atoms with Gasteiger partial charge in [0.05, 0.1) is 0 Å². The van der Waals surface area contributed by atoms with Gasteiger partial charge in [0.2, 0.25) is 0 Å². The van der Waals surface area contributed by atoms with Crippen molar-refractivity contribution in [2.24, 2.45) is 0 Å². The van der Waals surface area contributed by atoms with E-state index in [4.69, 9.17) is 2.81 Å². The van der Waals surface area contributed by atoms with Crippen LogP contribution in [0.3, 0.4) is 0 Å². The molecule has 0 saturated carbocycles. The van der Waals surface area contributed by atoms with Crippen LogP contribution in [-0.4, -0.2) is 6.61 Å². The van der Waals surface area contributed by atoms with Crippen LogP contribution in [0.5, 0.6) is 0 Å². The summed E-state index contributed by atoms with van der Waals surface area (Å²) in [6.07, 6.45) is 10.2. The van der Waals surface area contributed by atoms with Crippen molar-refractivity contribution in [3.63, 3.8) is 0 Å². The summed E-state index contributed by atoms with van der Waals surface area (Å²) in [5.41, 5.74) is 0. The maximum atomic E-state index is 5.62. The zero-order chi connectivity index (χ0) is 7.94. The molecule has 11 heavy (non-hydrogen) atoms. The van der Waals surface area contributed by atoms with Gasteiger partial charge in [-0.3, -0.25) is 0 Å². The standard InChI is InChI=1S/C5H5.C4H9O.Zr/c1-2-4-5-3-1;1-2-3-4-5;/h1-3H,4H2;2-4H2,1H3;/q;-1;+1. The third-order valence-corrected chi connectivity index (χ3v) is 3.99. The van der Waals surface area contributed by atoms with Gasteiger partial charge in [0.15, 0.2) is 0 Å². The van der Waals surface area contributed by atoms with E-state index in [0.717, 1.165) is 13.0 Å². The molecule has 0 bridgehead atoms. The first-order chi connectivity index (χ1) is 5.43. The van der Waals surface area contributed by atoms with Crippen molar-refractivity contribution in [1.82, 2.24) is 0 Å². The van der Waals surface area contributed by atoms with E-state index in [9.17, 15) is 0 Å². The topological polar surface area (TPSA) is 9.23 Å². The molecule has 0 N–H and O–H groups in total. The summed E-state index contributed by atoms with van der Waals surface area (Å²) in [6.45, 7) is 3.19. The zero-order valence-corrected chi connectivity index (χ0v) is 9.43. The molecule has 0 aliphatic heterocycles. The number of hydrogen-bond acceptors (Lipinski definition) is 1. The van der Waals surface area contributed by atoms with Gasteiger partial charge in [0, 0.05) is 0 Å². The Morgan fingerprint density at radius 2 is 2.55 bits per heavy atom. The van der Waals surface area contributed by atoms with Gasteiger partial charge in [0.1, 0.15) is 0 Å². The van der Waals surface area contributed by atoms with Gasteiger partial charge in [-0.05, 0) is 0 Å². The molecule has 1 aliphatic carbocycles. The van der Waals surface area contributed by atoms with Crippen LogP contribution in [0.15, 0.2) is 21.5 Å².